The maximum Gasteiger partial charge on any atom is 0.163 e. The van der Waals surface area contributed by atoms with Gasteiger partial charge in [0.25, 0.3) is 0 Å². The van der Waals surface area contributed by atoms with Gasteiger partial charge in [-0.05, 0) is 47.5 Å². The lowest BCUT2D eigenvalue weighted by Crippen LogP contribution is -2.45. The van der Waals surface area contributed by atoms with Crippen LogP contribution in [0.25, 0.3) is 0 Å². The molecule has 0 saturated carbocycles. The monoisotopic (exact) mass is 244 g/mol. The van der Waals surface area contributed by atoms with Crippen LogP contribution in [-0.2, 0) is 14.2 Å². The summed E-state index contributed by atoms with van der Waals surface area (Å²) in [5.74, 6) is -0.524. The quantitative estimate of drug-likeness (QED) is 0.805. The number of hydrogen-bond acceptors (Lipinski definition) is 4. The van der Waals surface area contributed by atoms with E-state index in [2.05, 4.69) is 0 Å². The molecule has 3 atom stereocenters. The molecule has 2 saturated heterocycles. The van der Waals surface area contributed by atoms with E-state index in [1.54, 1.807) is 13.8 Å². The average molecular weight is 244 g/mol. The maximum absolute atomic E-state index is 10.00. The predicted molar refractivity (Wildman–Crippen MR) is 63.7 cm³/mol. The molecule has 17 heavy (non-hydrogen) atoms. The smallest absolute Gasteiger partial charge is 0.163 e. The summed E-state index contributed by atoms with van der Waals surface area (Å²) >= 11 is 0. The fourth-order valence-corrected chi connectivity index (χ4v) is 2.58. The van der Waals surface area contributed by atoms with Crippen LogP contribution in [0.4, 0.5) is 0 Å². The van der Waals surface area contributed by atoms with E-state index in [9.17, 15) is 5.11 Å². The third kappa shape index (κ3) is 2.65. The Kier molecular flexibility index (Phi) is 3.06. The lowest BCUT2D eigenvalue weighted by atomic mass is 9.93. The third-order valence-electron chi connectivity index (χ3n) is 3.79. The predicted octanol–water partition coefficient (Wildman–Crippen LogP) is 1.85. The van der Waals surface area contributed by atoms with E-state index in [0.29, 0.717) is 6.61 Å². The van der Waals surface area contributed by atoms with Crippen molar-refractivity contribution >= 4 is 0 Å². The molecule has 0 aliphatic carbocycles. The molecule has 4 heteroatoms. The van der Waals surface area contributed by atoms with E-state index >= 15 is 0 Å². The van der Waals surface area contributed by atoms with Gasteiger partial charge in [0.15, 0.2) is 5.79 Å². The van der Waals surface area contributed by atoms with E-state index in [1.807, 2.05) is 20.8 Å². The Bertz CT molecular complexity index is 294. The van der Waals surface area contributed by atoms with Crippen LogP contribution in [-0.4, -0.2) is 40.9 Å². The Morgan fingerprint density at radius 2 is 1.82 bits per heavy atom. The van der Waals surface area contributed by atoms with Crippen molar-refractivity contribution in [1.82, 2.24) is 0 Å². The molecule has 2 rings (SSSR count). The zero-order valence-electron chi connectivity index (χ0n) is 11.4. The van der Waals surface area contributed by atoms with Crippen molar-refractivity contribution in [2.75, 3.05) is 6.61 Å². The summed E-state index contributed by atoms with van der Waals surface area (Å²) in [5.41, 5.74) is -1.15. The largest absolute Gasteiger partial charge is 0.388 e. The van der Waals surface area contributed by atoms with Crippen LogP contribution in [0.15, 0.2) is 0 Å². The number of aliphatic hydroxyl groups is 1. The molecule has 0 aromatic heterocycles. The fourth-order valence-electron chi connectivity index (χ4n) is 2.58. The molecule has 0 aromatic rings. The van der Waals surface area contributed by atoms with E-state index < -0.39 is 11.4 Å². The van der Waals surface area contributed by atoms with Gasteiger partial charge < -0.3 is 19.3 Å². The summed E-state index contributed by atoms with van der Waals surface area (Å²) in [7, 11) is 0. The van der Waals surface area contributed by atoms with Gasteiger partial charge in [0.2, 0.25) is 0 Å². The van der Waals surface area contributed by atoms with Gasteiger partial charge in [0.05, 0.1) is 23.9 Å². The second-order valence-corrected chi connectivity index (χ2v) is 6.43. The van der Waals surface area contributed by atoms with Crippen molar-refractivity contribution in [3.05, 3.63) is 0 Å². The molecule has 2 heterocycles. The summed E-state index contributed by atoms with van der Waals surface area (Å²) < 4.78 is 17.5. The third-order valence-corrected chi connectivity index (χ3v) is 3.79. The standard InChI is InChI=1S/C13H24O4/c1-11(2,14)9-6-7-13(5,17-9)10-8-15-12(3,4)16-10/h9-10,14H,6-8H2,1-5H3/t9-,10+,13+/m1/s1. The van der Waals surface area contributed by atoms with Gasteiger partial charge in [-0.15, -0.1) is 0 Å². The van der Waals surface area contributed by atoms with E-state index in [-0.39, 0.29) is 17.8 Å². The first kappa shape index (κ1) is 13.3. The highest BCUT2D eigenvalue weighted by molar-refractivity contribution is 4.98. The molecule has 0 bridgehead atoms. The summed E-state index contributed by atoms with van der Waals surface area (Å²) in [4.78, 5) is 0. The molecule has 0 unspecified atom stereocenters. The summed E-state index contributed by atoms with van der Waals surface area (Å²) in [6.45, 7) is 10.0. The molecular formula is C13H24O4. The topological polar surface area (TPSA) is 47.9 Å². The Morgan fingerprint density at radius 3 is 2.24 bits per heavy atom. The molecular weight excluding hydrogens is 220 g/mol. The van der Waals surface area contributed by atoms with Crippen LogP contribution >= 0.6 is 0 Å². The van der Waals surface area contributed by atoms with Gasteiger partial charge in [0, 0.05) is 0 Å². The van der Waals surface area contributed by atoms with E-state index in [4.69, 9.17) is 14.2 Å². The van der Waals surface area contributed by atoms with E-state index in [1.165, 1.54) is 0 Å². The van der Waals surface area contributed by atoms with Crippen LogP contribution in [0.3, 0.4) is 0 Å². The molecule has 2 aliphatic rings. The van der Waals surface area contributed by atoms with Crippen molar-refractivity contribution in [3.63, 3.8) is 0 Å². The number of rotatable bonds is 2. The molecule has 0 amide bonds. The first-order valence-corrected chi connectivity index (χ1v) is 6.34. The molecule has 1 N–H and O–H groups in total. The second-order valence-electron chi connectivity index (χ2n) is 6.43. The highest BCUT2D eigenvalue weighted by Gasteiger charge is 2.51. The Morgan fingerprint density at radius 1 is 1.18 bits per heavy atom. The van der Waals surface area contributed by atoms with Crippen LogP contribution < -0.4 is 0 Å². The lowest BCUT2D eigenvalue weighted by Gasteiger charge is -2.33. The minimum Gasteiger partial charge on any atom is -0.388 e. The van der Waals surface area contributed by atoms with Gasteiger partial charge in [-0.1, -0.05) is 0 Å². The maximum atomic E-state index is 10.00. The molecule has 0 aromatic carbocycles. The Balaban J connectivity index is 2.03. The van der Waals surface area contributed by atoms with Gasteiger partial charge in [0.1, 0.15) is 6.10 Å². The average Bonchev–Trinajstić information content (AvgIpc) is 2.69. The van der Waals surface area contributed by atoms with Crippen molar-refractivity contribution in [2.45, 2.75) is 76.7 Å². The first-order chi connectivity index (χ1) is 7.62. The molecule has 2 aliphatic heterocycles. The summed E-state index contributed by atoms with van der Waals surface area (Å²) in [6, 6.07) is 0. The molecule has 100 valence electrons. The second kappa shape index (κ2) is 3.92. The van der Waals surface area contributed by atoms with Crippen molar-refractivity contribution in [1.29, 1.82) is 0 Å². The van der Waals surface area contributed by atoms with Crippen LogP contribution in [0, 0.1) is 0 Å². The molecule has 0 radical (unpaired) electrons. The summed E-state index contributed by atoms with van der Waals surface area (Å²) in [5, 5.41) is 10.00. The zero-order valence-corrected chi connectivity index (χ0v) is 11.4. The minimum atomic E-state index is -0.799. The van der Waals surface area contributed by atoms with E-state index in [0.717, 1.165) is 12.8 Å². The van der Waals surface area contributed by atoms with Crippen LogP contribution in [0.1, 0.15) is 47.5 Å². The fraction of sp³-hybridized carbons (Fsp3) is 1.00. The normalized spacial score (nSPS) is 42.0. The van der Waals surface area contributed by atoms with Crippen molar-refractivity contribution in [3.8, 4) is 0 Å². The lowest BCUT2D eigenvalue weighted by molar-refractivity contribution is -0.189. The molecule has 0 spiro atoms. The first-order valence-electron chi connectivity index (χ1n) is 6.34. The van der Waals surface area contributed by atoms with Gasteiger partial charge in [-0.3, -0.25) is 0 Å². The molecule has 4 nitrogen and oxygen atoms in total. The minimum absolute atomic E-state index is 0.0511. The number of ether oxygens (including phenoxy) is 3. The van der Waals surface area contributed by atoms with Gasteiger partial charge in [-0.2, -0.15) is 0 Å². The zero-order chi connectivity index (χ0) is 12.9. The van der Waals surface area contributed by atoms with Crippen LogP contribution in [0.2, 0.25) is 0 Å². The highest BCUT2D eigenvalue weighted by atomic mass is 16.8. The molecule has 2 fully saturated rings. The highest BCUT2D eigenvalue weighted by Crippen LogP contribution is 2.41. The number of hydrogen-bond donors (Lipinski definition) is 1. The van der Waals surface area contributed by atoms with Crippen molar-refractivity contribution < 1.29 is 19.3 Å². The Hall–Kier alpha value is -0.160. The van der Waals surface area contributed by atoms with Gasteiger partial charge in [-0.25, -0.2) is 0 Å². The van der Waals surface area contributed by atoms with Crippen molar-refractivity contribution in [2.24, 2.45) is 0 Å². The van der Waals surface area contributed by atoms with Crippen LogP contribution in [0.5, 0.6) is 0 Å². The summed E-state index contributed by atoms with van der Waals surface area (Å²) in [6.07, 6.45) is 1.58. The SMILES string of the molecule is CC1(C)OC[C@@H]([C@]2(C)CC[C@H](C(C)(C)O)O2)O1. The van der Waals surface area contributed by atoms with Gasteiger partial charge >= 0.3 is 0 Å². The Labute approximate surface area is 103 Å².